The number of fused-ring (bicyclic) bond motifs is 1. The summed E-state index contributed by atoms with van der Waals surface area (Å²) in [7, 11) is 0. The largest absolute Gasteiger partial charge is 0.352 e. The first kappa shape index (κ1) is 20.2. The molecule has 1 aliphatic rings. The normalized spacial score (nSPS) is 14.2. The molecular formula is C19H21N11OS. The minimum absolute atomic E-state index is 0.176. The van der Waals surface area contributed by atoms with Crippen molar-refractivity contribution >= 4 is 40.2 Å². The van der Waals surface area contributed by atoms with E-state index < -0.39 is 0 Å². The van der Waals surface area contributed by atoms with Crippen molar-refractivity contribution in [2.24, 2.45) is 0 Å². The number of anilines is 2. The molecule has 0 unspecified atom stereocenters. The van der Waals surface area contributed by atoms with Gasteiger partial charge in [-0.15, -0.1) is 5.10 Å². The van der Waals surface area contributed by atoms with Crippen LogP contribution < -0.4 is 15.1 Å². The zero-order valence-corrected chi connectivity index (χ0v) is 18.2. The summed E-state index contributed by atoms with van der Waals surface area (Å²) < 4.78 is 5.58. The second-order valence-corrected chi connectivity index (χ2v) is 8.02. The molecule has 1 N–H and O–H groups in total. The number of nitrogens with zero attached hydrogens (tertiary/aromatic N) is 10. The fourth-order valence-electron chi connectivity index (χ4n) is 3.66. The fraction of sp³-hybridized carbons (Fsp3) is 0.368. The van der Waals surface area contributed by atoms with E-state index >= 15 is 0 Å². The Kier molecular flexibility index (Phi) is 5.54. The molecule has 32 heavy (non-hydrogen) atoms. The minimum Gasteiger partial charge on any atom is -0.352 e. The van der Waals surface area contributed by atoms with Gasteiger partial charge in [0.1, 0.15) is 17.0 Å². The maximum absolute atomic E-state index is 12.3. The zero-order chi connectivity index (χ0) is 21.9. The SMILES string of the molecule is Cc1nnsc1C(=O)NCCn1ncc2c(N3CCN(c4ncccn4)CC3)ncnc21. The van der Waals surface area contributed by atoms with Crippen LogP contribution >= 0.6 is 11.5 Å². The van der Waals surface area contributed by atoms with Crippen molar-refractivity contribution in [1.82, 2.24) is 44.6 Å². The number of carbonyl (C=O) groups excluding carboxylic acids is 1. The lowest BCUT2D eigenvalue weighted by molar-refractivity contribution is 0.0955. The van der Waals surface area contributed by atoms with E-state index in [-0.39, 0.29) is 5.91 Å². The van der Waals surface area contributed by atoms with E-state index in [0.29, 0.717) is 23.7 Å². The highest BCUT2D eigenvalue weighted by Crippen LogP contribution is 2.24. The van der Waals surface area contributed by atoms with Crippen molar-refractivity contribution in [1.29, 1.82) is 0 Å². The Hall–Kier alpha value is -3.74. The van der Waals surface area contributed by atoms with Crippen LogP contribution in [-0.4, -0.2) is 77.9 Å². The van der Waals surface area contributed by atoms with E-state index in [2.05, 4.69) is 49.7 Å². The first-order chi connectivity index (χ1) is 15.7. The Morgan fingerprint density at radius 3 is 2.62 bits per heavy atom. The molecule has 4 aromatic heterocycles. The first-order valence-electron chi connectivity index (χ1n) is 10.2. The first-order valence-corrected chi connectivity index (χ1v) is 11.0. The van der Waals surface area contributed by atoms with Gasteiger partial charge >= 0.3 is 0 Å². The quantitative estimate of drug-likeness (QED) is 0.443. The molecule has 1 aliphatic heterocycles. The number of piperazine rings is 1. The molecule has 5 rings (SSSR count). The number of aromatic nitrogens is 8. The number of aryl methyl sites for hydroxylation is 1. The molecule has 13 heteroatoms. The standard InChI is InChI=1S/C19H21N11OS/c1-13-15(32-27-26-13)18(31)20-5-6-30-17-14(11-25-30)16(23-12-24-17)28-7-9-29(10-8-28)19-21-3-2-4-22-19/h2-4,11-12H,5-10H2,1H3,(H,20,31). The van der Waals surface area contributed by atoms with E-state index in [1.807, 2.05) is 6.07 Å². The molecule has 4 aromatic rings. The summed E-state index contributed by atoms with van der Waals surface area (Å²) in [6, 6.07) is 1.82. The predicted octanol–water partition coefficient (Wildman–Crippen LogP) is 0.533. The van der Waals surface area contributed by atoms with Crippen LogP contribution in [0.5, 0.6) is 0 Å². The van der Waals surface area contributed by atoms with Crippen molar-refractivity contribution in [3.8, 4) is 0 Å². The van der Waals surface area contributed by atoms with E-state index in [0.717, 1.165) is 60.5 Å². The number of nitrogens with one attached hydrogen (secondary N) is 1. The zero-order valence-electron chi connectivity index (χ0n) is 17.4. The van der Waals surface area contributed by atoms with Crippen molar-refractivity contribution in [2.75, 3.05) is 42.5 Å². The molecule has 0 saturated carbocycles. The van der Waals surface area contributed by atoms with Gasteiger partial charge in [0.15, 0.2) is 5.65 Å². The van der Waals surface area contributed by atoms with Gasteiger partial charge in [-0.3, -0.25) is 4.79 Å². The van der Waals surface area contributed by atoms with Crippen molar-refractivity contribution in [3.63, 3.8) is 0 Å². The third kappa shape index (κ3) is 3.93. The van der Waals surface area contributed by atoms with Gasteiger partial charge in [0.2, 0.25) is 5.95 Å². The second-order valence-electron chi connectivity index (χ2n) is 7.27. The van der Waals surface area contributed by atoms with Crippen molar-refractivity contribution in [2.45, 2.75) is 13.5 Å². The van der Waals surface area contributed by atoms with E-state index in [1.54, 1.807) is 36.5 Å². The number of amides is 1. The molecule has 1 amide bonds. The van der Waals surface area contributed by atoms with Crippen molar-refractivity contribution in [3.05, 3.63) is 41.6 Å². The number of carbonyl (C=O) groups is 1. The monoisotopic (exact) mass is 451 g/mol. The topological polar surface area (TPSA) is 131 Å². The summed E-state index contributed by atoms with van der Waals surface area (Å²) >= 11 is 1.09. The summed E-state index contributed by atoms with van der Waals surface area (Å²) in [4.78, 5) is 34.8. The van der Waals surface area contributed by atoms with Crippen molar-refractivity contribution < 1.29 is 4.79 Å². The molecule has 0 aliphatic carbocycles. The Labute approximate surface area is 187 Å². The van der Waals surface area contributed by atoms with Gasteiger partial charge < -0.3 is 15.1 Å². The smallest absolute Gasteiger partial charge is 0.265 e. The number of hydrogen-bond acceptors (Lipinski definition) is 11. The Morgan fingerprint density at radius 2 is 1.88 bits per heavy atom. The van der Waals surface area contributed by atoms with E-state index in [1.165, 1.54) is 0 Å². The maximum Gasteiger partial charge on any atom is 0.265 e. The lowest BCUT2D eigenvalue weighted by atomic mass is 10.3. The second kappa shape index (κ2) is 8.78. The molecule has 1 fully saturated rings. The highest BCUT2D eigenvalue weighted by Gasteiger charge is 2.22. The summed E-state index contributed by atoms with van der Waals surface area (Å²) in [6.45, 7) is 5.90. The van der Waals surface area contributed by atoms with Crippen LogP contribution in [0.2, 0.25) is 0 Å². The molecule has 5 heterocycles. The number of hydrogen-bond donors (Lipinski definition) is 1. The Balaban J connectivity index is 1.24. The molecule has 12 nitrogen and oxygen atoms in total. The average molecular weight is 452 g/mol. The molecule has 0 aromatic carbocycles. The summed E-state index contributed by atoms with van der Waals surface area (Å²) in [5, 5.41) is 12.1. The van der Waals surface area contributed by atoms with Crippen LogP contribution in [-0.2, 0) is 6.54 Å². The molecule has 1 saturated heterocycles. The third-order valence-electron chi connectivity index (χ3n) is 5.29. The molecule has 0 spiro atoms. The van der Waals surface area contributed by atoms with Crippen LogP contribution in [0.3, 0.4) is 0 Å². The Bertz CT molecular complexity index is 1220. The minimum atomic E-state index is -0.176. The summed E-state index contributed by atoms with van der Waals surface area (Å²) in [5.74, 6) is 1.44. The predicted molar refractivity (Wildman–Crippen MR) is 119 cm³/mol. The van der Waals surface area contributed by atoms with Gasteiger partial charge in [-0.25, -0.2) is 24.6 Å². The number of rotatable bonds is 6. The Morgan fingerprint density at radius 1 is 1.09 bits per heavy atom. The maximum atomic E-state index is 12.3. The molecular weight excluding hydrogens is 430 g/mol. The lowest BCUT2D eigenvalue weighted by Crippen LogP contribution is -2.47. The highest BCUT2D eigenvalue weighted by molar-refractivity contribution is 7.08. The molecule has 164 valence electrons. The molecule has 0 bridgehead atoms. The van der Waals surface area contributed by atoms with Gasteiger partial charge in [0, 0.05) is 45.1 Å². The van der Waals surface area contributed by atoms with Crippen LogP contribution in [0, 0.1) is 6.92 Å². The molecule has 0 atom stereocenters. The highest BCUT2D eigenvalue weighted by atomic mass is 32.1. The van der Waals surface area contributed by atoms with Gasteiger partial charge in [-0.1, -0.05) is 4.49 Å². The van der Waals surface area contributed by atoms with Gasteiger partial charge in [0.05, 0.1) is 23.8 Å². The van der Waals surface area contributed by atoms with Crippen LogP contribution in [0.1, 0.15) is 15.4 Å². The summed E-state index contributed by atoms with van der Waals surface area (Å²) in [5.41, 5.74) is 1.38. The van der Waals surface area contributed by atoms with Gasteiger partial charge in [0.25, 0.3) is 5.91 Å². The van der Waals surface area contributed by atoms with E-state index in [9.17, 15) is 4.79 Å². The van der Waals surface area contributed by atoms with Gasteiger partial charge in [-0.2, -0.15) is 5.10 Å². The van der Waals surface area contributed by atoms with E-state index in [4.69, 9.17) is 0 Å². The van der Waals surface area contributed by atoms with Crippen LogP contribution in [0.4, 0.5) is 11.8 Å². The average Bonchev–Trinajstić information content (AvgIpc) is 3.46. The summed E-state index contributed by atoms with van der Waals surface area (Å²) in [6.07, 6.45) is 6.87. The van der Waals surface area contributed by atoms with Gasteiger partial charge in [-0.05, 0) is 24.5 Å². The lowest BCUT2D eigenvalue weighted by Gasteiger charge is -2.35. The van der Waals surface area contributed by atoms with Crippen LogP contribution in [0.25, 0.3) is 11.0 Å². The fourth-order valence-corrected chi connectivity index (χ4v) is 4.24. The molecule has 0 radical (unpaired) electrons. The van der Waals surface area contributed by atoms with Crippen LogP contribution in [0.15, 0.2) is 31.0 Å². The third-order valence-corrected chi connectivity index (χ3v) is 6.12.